The SMILES string of the molecule is COc1ccc(Cc2nc3ccccc3c(=O)n2CCN(C)CCc2ccc(OC)c(OC)c2)cc1. The first kappa shape index (κ1) is 25.3. The molecule has 1 aromatic heterocycles. The van der Waals surface area contributed by atoms with Gasteiger partial charge in [-0.25, -0.2) is 4.98 Å². The smallest absolute Gasteiger partial charge is 0.261 e. The first-order valence-corrected chi connectivity index (χ1v) is 12.0. The molecule has 7 nitrogen and oxygen atoms in total. The summed E-state index contributed by atoms with van der Waals surface area (Å²) in [4.78, 5) is 20.5. The molecular weight excluding hydrogens is 454 g/mol. The second kappa shape index (κ2) is 11.7. The van der Waals surface area contributed by atoms with Crippen molar-refractivity contribution in [3.05, 3.63) is 94.0 Å². The third-order valence-electron chi connectivity index (χ3n) is 6.40. The van der Waals surface area contributed by atoms with Crippen LogP contribution in [0.4, 0.5) is 0 Å². The first-order valence-electron chi connectivity index (χ1n) is 12.0. The zero-order valence-corrected chi connectivity index (χ0v) is 21.4. The van der Waals surface area contributed by atoms with Gasteiger partial charge in [0.1, 0.15) is 11.6 Å². The second-order valence-corrected chi connectivity index (χ2v) is 8.77. The third kappa shape index (κ3) is 5.86. The summed E-state index contributed by atoms with van der Waals surface area (Å²) >= 11 is 0. The molecule has 0 saturated carbocycles. The standard InChI is InChI=1S/C29H33N3O4/c1-31(16-15-22-11-14-26(35-3)27(19-22)36-4)17-18-32-28(20-21-9-12-23(34-2)13-10-21)30-25-8-6-5-7-24(25)29(32)33/h5-14,19H,15-18,20H2,1-4H3. The molecule has 3 aromatic carbocycles. The van der Waals surface area contributed by atoms with Gasteiger partial charge in [0.15, 0.2) is 11.5 Å². The molecular formula is C29H33N3O4. The van der Waals surface area contributed by atoms with E-state index in [0.717, 1.165) is 53.7 Å². The lowest BCUT2D eigenvalue weighted by atomic mass is 10.1. The molecule has 188 valence electrons. The molecule has 7 heteroatoms. The van der Waals surface area contributed by atoms with Gasteiger partial charge in [-0.15, -0.1) is 0 Å². The van der Waals surface area contributed by atoms with Gasteiger partial charge in [0.2, 0.25) is 0 Å². The molecule has 36 heavy (non-hydrogen) atoms. The number of methoxy groups -OCH3 is 3. The lowest BCUT2D eigenvalue weighted by molar-refractivity contribution is 0.318. The fourth-order valence-electron chi connectivity index (χ4n) is 4.24. The molecule has 1 heterocycles. The van der Waals surface area contributed by atoms with Crippen LogP contribution < -0.4 is 19.8 Å². The van der Waals surface area contributed by atoms with Crippen molar-refractivity contribution in [1.29, 1.82) is 0 Å². The topological polar surface area (TPSA) is 65.8 Å². The molecule has 0 aliphatic carbocycles. The molecule has 0 aliphatic heterocycles. The average molecular weight is 488 g/mol. The van der Waals surface area contributed by atoms with E-state index in [0.29, 0.717) is 18.4 Å². The zero-order chi connectivity index (χ0) is 25.5. The molecule has 4 rings (SSSR count). The molecule has 0 unspecified atom stereocenters. The Morgan fingerprint density at radius 2 is 1.56 bits per heavy atom. The highest BCUT2D eigenvalue weighted by Crippen LogP contribution is 2.27. The van der Waals surface area contributed by atoms with Crippen molar-refractivity contribution in [3.8, 4) is 17.2 Å². The number of benzene rings is 3. The van der Waals surface area contributed by atoms with Gasteiger partial charge in [-0.2, -0.15) is 0 Å². The summed E-state index contributed by atoms with van der Waals surface area (Å²) in [6, 6.07) is 21.4. The molecule has 0 saturated heterocycles. The number of rotatable bonds is 11. The molecule has 0 bridgehead atoms. The Labute approximate surface area is 211 Å². The van der Waals surface area contributed by atoms with Crippen LogP contribution in [-0.4, -0.2) is 55.9 Å². The molecule has 0 radical (unpaired) electrons. The fraction of sp³-hybridized carbons (Fsp3) is 0.310. The van der Waals surface area contributed by atoms with Crippen LogP contribution in [0.3, 0.4) is 0 Å². The largest absolute Gasteiger partial charge is 0.497 e. The van der Waals surface area contributed by atoms with Crippen LogP contribution >= 0.6 is 0 Å². The number of hydrogen-bond donors (Lipinski definition) is 0. The van der Waals surface area contributed by atoms with E-state index in [-0.39, 0.29) is 5.56 Å². The molecule has 4 aromatic rings. The van der Waals surface area contributed by atoms with E-state index in [1.54, 1.807) is 21.3 Å². The number of ether oxygens (including phenoxy) is 3. The van der Waals surface area contributed by atoms with Gasteiger partial charge in [-0.1, -0.05) is 30.3 Å². The van der Waals surface area contributed by atoms with Crippen LogP contribution in [0.2, 0.25) is 0 Å². The Morgan fingerprint density at radius 1 is 0.833 bits per heavy atom. The quantitative estimate of drug-likeness (QED) is 0.316. The lowest BCUT2D eigenvalue weighted by Gasteiger charge is -2.20. The monoisotopic (exact) mass is 487 g/mol. The Morgan fingerprint density at radius 3 is 2.28 bits per heavy atom. The average Bonchev–Trinajstić information content (AvgIpc) is 2.92. The summed E-state index contributed by atoms with van der Waals surface area (Å²) in [5.41, 5.74) is 2.97. The van der Waals surface area contributed by atoms with Crippen molar-refractivity contribution < 1.29 is 14.2 Å². The highest BCUT2D eigenvalue weighted by atomic mass is 16.5. The van der Waals surface area contributed by atoms with Gasteiger partial charge in [-0.05, 0) is 61.0 Å². The Bertz CT molecular complexity index is 1370. The van der Waals surface area contributed by atoms with Crippen LogP contribution in [0.1, 0.15) is 17.0 Å². The predicted molar refractivity (Wildman–Crippen MR) is 143 cm³/mol. The zero-order valence-electron chi connectivity index (χ0n) is 21.4. The summed E-state index contributed by atoms with van der Waals surface area (Å²) in [6.07, 6.45) is 1.43. The van der Waals surface area contributed by atoms with Crippen LogP contribution in [0.15, 0.2) is 71.5 Å². The minimum Gasteiger partial charge on any atom is -0.497 e. The van der Waals surface area contributed by atoms with Crippen molar-refractivity contribution >= 4 is 10.9 Å². The normalized spacial score (nSPS) is 11.1. The van der Waals surface area contributed by atoms with Crippen LogP contribution in [0, 0.1) is 0 Å². The minimum absolute atomic E-state index is 0.00241. The molecule has 0 spiro atoms. The van der Waals surface area contributed by atoms with Gasteiger partial charge in [0.25, 0.3) is 5.56 Å². The Hall–Kier alpha value is -3.84. The fourth-order valence-corrected chi connectivity index (χ4v) is 4.24. The summed E-state index contributed by atoms with van der Waals surface area (Å²) in [5, 5.41) is 0.643. The van der Waals surface area contributed by atoms with E-state index in [1.165, 1.54) is 5.56 Å². The minimum atomic E-state index is -0.00241. The maximum Gasteiger partial charge on any atom is 0.261 e. The number of hydrogen-bond acceptors (Lipinski definition) is 6. The van der Waals surface area contributed by atoms with Gasteiger partial charge in [0, 0.05) is 26.1 Å². The summed E-state index contributed by atoms with van der Waals surface area (Å²) < 4.78 is 17.8. The van der Waals surface area contributed by atoms with E-state index in [9.17, 15) is 4.79 Å². The second-order valence-electron chi connectivity index (χ2n) is 8.77. The molecule has 0 aliphatic rings. The van der Waals surface area contributed by atoms with Crippen molar-refractivity contribution in [2.75, 3.05) is 41.5 Å². The maximum absolute atomic E-state index is 13.4. The van der Waals surface area contributed by atoms with Crippen molar-refractivity contribution in [2.45, 2.75) is 19.4 Å². The Balaban J connectivity index is 1.50. The van der Waals surface area contributed by atoms with E-state index in [1.807, 2.05) is 65.2 Å². The van der Waals surface area contributed by atoms with Gasteiger partial charge >= 0.3 is 0 Å². The highest BCUT2D eigenvalue weighted by molar-refractivity contribution is 5.77. The van der Waals surface area contributed by atoms with E-state index in [2.05, 4.69) is 18.0 Å². The van der Waals surface area contributed by atoms with Crippen molar-refractivity contribution in [2.24, 2.45) is 0 Å². The Kier molecular flexibility index (Phi) is 8.23. The predicted octanol–water partition coefficient (Wildman–Crippen LogP) is 4.19. The number of nitrogens with zero attached hydrogens (tertiary/aromatic N) is 3. The van der Waals surface area contributed by atoms with Gasteiger partial charge in [0.05, 0.1) is 32.2 Å². The highest BCUT2D eigenvalue weighted by Gasteiger charge is 2.13. The molecule has 0 amide bonds. The van der Waals surface area contributed by atoms with Crippen molar-refractivity contribution in [1.82, 2.24) is 14.5 Å². The lowest BCUT2D eigenvalue weighted by Crippen LogP contribution is -2.32. The van der Waals surface area contributed by atoms with E-state index < -0.39 is 0 Å². The number of aromatic nitrogens is 2. The number of fused-ring (bicyclic) bond motifs is 1. The van der Waals surface area contributed by atoms with Crippen molar-refractivity contribution in [3.63, 3.8) is 0 Å². The summed E-state index contributed by atoms with van der Waals surface area (Å²) in [5.74, 6) is 3.02. The first-order chi connectivity index (χ1) is 17.5. The summed E-state index contributed by atoms with van der Waals surface area (Å²) in [6.45, 7) is 2.13. The van der Waals surface area contributed by atoms with E-state index in [4.69, 9.17) is 19.2 Å². The number of para-hydroxylation sites is 1. The van der Waals surface area contributed by atoms with Gasteiger partial charge in [-0.3, -0.25) is 9.36 Å². The van der Waals surface area contributed by atoms with Crippen LogP contribution in [0.5, 0.6) is 17.2 Å². The molecule has 0 fully saturated rings. The molecule has 0 atom stereocenters. The van der Waals surface area contributed by atoms with Gasteiger partial charge < -0.3 is 19.1 Å². The molecule has 0 N–H and O–H groups in total. The van der Waals surface area contributed by atoms with E-state index >= 15 is 0 Å². The van der Waals surface area contributed by atoms with Crippen LogP contribution in [-0.2, 0) is 19.4 Å². The summed E-state index contributed by atoms with van der Waals surface area (Å²) in [7, 11) is 7.01. The van der Waals surface area contributed by atoms with Crippen LogP contribution in [0.25, 0.3) is 10.9 Å². The number of likely N-dealkylation sites (N-methyl/N-ethyl adjacent to an activating group) is 1. The maximum atomic E-state index is 13.4. The third-order valence-corrected chi connectivity index (χ3v) is 6.40.